The van der Waals surface area contributed by atoms with Crippen LogP contribution in [0, 0.1) is 18.8 Å². The molecule has 5 rings (SSSR count). The Morgan fingerprint density at radius 1 is 1.12 bits per heavy atom. The third-order valence-corrected chi connectivity index (χ3v) is 6.24. The molecule has 0 bridgehead atoms. The van der Waals surface area contributed by atoms with Crippen LogP contribution in [0.15, 0.2) is 42.9 Å². The Morgan fingerprint density at radius 2 is 1.91 bits per heavy atom. The number of nitrogens with zero attached hydrogens (tertiary/aromatic N) is 6. The number of nitrogens with one attached hydrogen (secondary N) is 1. The number of carbonyl (C=O) groups excluding carboxylic acids is 1. The number of hydrogen-bond acceptors (Lipinski definition) is 6. The summed E-state index contributed by atoms with van der Waals surface area (Å²) < 4.78 is 38.4. The zero-order valence-electron chi connectivity index (χ0n) is 17.8. The lowest BCUT2D eigenvalue weighted by molar-refractivity contribution is -0.137. The summed E-state index contributed by atoms with van der Waals surface area (Å²) in [5.74, 6) is 1.18. The van der Waals surface area contributed by atoms with E-state index in [9.17, 15) is 18.0 Å². The van der Waals surface area contributed by atoms with Crippen molar-refractivity contribution in [1.82, 2.24) is 29.9 Å². The van der Waals surface area contributed by atoms with E-state index in [1.807, 2.05) is 11.8 Å². The number of alkyl halides is 3. The molecule has 1 saturated heterocycles. The number of hydrogen-bond donors (Lipinski definition) is 1. The van der Waals surface area contributed by atoms with Crippen molar-refractivity contribution in [2.45, 2.75) is 32.0 Å². The number of rotatable bonds is 5. The van der Waals surface area contributed by atoms with Gasteiger partial charge in [-0.15, -0.1) is 4.80 Å². The standard InChI is InChI=1S/C22H22F3N7O/c1-13-2-4-18(32-28-6-7-29-32)20(30-13)21(33)31-12-15-8-14(15)9-17(31)11-27-19-5-3-16(10-26-19)22(23,24)25/h2-7,10,14-15,17H,8-9,11-12H2,1H3,(H,26,27)/t14-,15+,17+/m1/s1. The first kappa shape index (κ1) is 21.4. The lowest BCUT2D eigenvalue weighted by atomic mass is 10.0. The van der Waals surface area contributed by atoms with Crippen molar-refractivity contribution in [3.05, 3.63) is 59.8 Å². The van der Waals surface area contributed by atoms with Gasteiger partial charge in [-0.1, -0.05) is 0 Å². The molecule has 2 aliphatic rings. The highest BCUT2D eigenvalue weighted by Gasteiger charge is 2.47. The zero-order valence-corrected chi connectivity index (χ0v) is 17.8. The minimum atomic E-state index is -4.43. The fourth-order valence-corrected chi connectivity index (χ4v) is 4.38. The molecule has 1 aliphatic heterocycles. The molecule has 3 aromatic heterocycles. The molecule has 0 aromatic carbocycles. The van der Waals surface area contributed by atoms with Crippen LogP contribution in [0.3, 0.4) is 0 Å². The summed E-state index contributed by atoms with van der Waals surface area (Å²) in [5, 5.41) is 11.4. The summed E-state index contributed by atoms with van der Waals surface area (Å²) in [6.07, 6.45) is 1.35. The van der Waals surface area contributed by atoms with Crippen molar-refractivity contribution in [1.29, 1.82) is 0 Å². The lowest BCUT2D eigenvalue weighted by Gasteiger charge is -2.35. The molecule has 172 valence electrons. The van der Waals surface area contributed by atoms with E-state index in [2.05, 4.69) is 25.5 Å². The second-order valence-electron chi connectivity index (χ2n) is 8.55. The topological polar surface area (TPSA) is 88.8 Å². The van der Waals surface area contributed by atoms with Gasteiger partial charge in [0, 0.05) is 31.0 Å². The van der Waals surface area contributed by atoms with Gasteiger partial charge < -0.3 is 10.2 Å². The number of amides is 1. The van der Waals surface area contributed by atoms with Crippen LogP contribution in [0.2, 0.25) is 0 Å². The van der Waals surface area contributed by atoms with Crippen LogP contribution in [-0.2, 0) is 6.18 Å². The molecule has 3 atom stereocenters. The van der Waals surface area contributed by atoms with Gasteiger partial charge in [-0.2, -0.15) is 23.4 Å². The third-order valence-electron chi connectivity index (χ3n) is 6.24. The van der Waals surface area contributed by atoms with Gasteiger partial charge in [-0.3, -0.25) is 4.79 Å². The van der Waals surface area contributed by atoms with Gasteiger partial charge in [0.1, 0.15) is 11.5 Å². The Balaban J connectivity index is 1.36. The van der Waals surface area contributed by atoms with E-state index in [0.717, 1.165) is 25.1 Å². The van der Waals surface area contributed by atoms with Crippen LogP contribution in [0.5, 0.6) is 0 Å². The highest BCUT2D eigenvalue weighted by molar-refractivity contribution is 5.96. The molecule has 33 heavy (non-hydrogen) atoms. The van der Waals surface area contributed by atoms with E-state index in [4.69, 9.17) is 0 Å². The molecule has 11 heteroatoms. The quantitative estimate of drug-likeness (QED) is 0.632. The summed E-state index contributed by atoms with van der Waals surface area (Å²) in [4.78, 5) is 25.2. The summed E-state index contributed by atoms with van der Waals surface area (Å²) in [5.41, 5.74) is 0.695. The first-order valence-electron chi connectivity index (χ1n) is 10.7. The maximum Gasteiger partial charge on any atom is 0.417 e. The van der Waals surface area contributed by atoms with Crippen LogP contribution < -0.4 is 5.32 Å². The van der Waals surface area contributed by atoms with Gasteiger partial charge in [0.15, 0.2) is 5.69 Å². The first-order valence-corrected chi connectivity index (χ1v) is 10.7. The molecule has 3 aromatic rings. The number of aryl methyl sites for hydroxylation is 1. The lowest BCUT2D eigenvalue weighted by Crippen LogP contribution is -2.48. The number of aromatic nitrogens is 5. The normalized spacial score (nSPS) is 22.1. The smallest absolute Gasteiger partial charge is 0.368 e. The number of carbonyl (C=O) groups is 1. The molecular formula is C22H22F3N7O. The van der Waals surface area contributed by atoms with E-state index < -0.39 is 11.7 Å². The molecule has 1 aliphatic carbocycles. The molecule has 1 saturated carbocycles. The summed E-state index contributed by atoms with van der Waals surface area (Å²) in [6, 6.07) is 5.75. The highest BCUT2D eigenvalue weighted by atomic mass is 19.4. The molecule has 1 N–H and O–H groups in total. The van der Waals surface area contributed by atoms with Gasteiger partial charge in [0.25, 0.3) is 5.91 Å². The van der Waals surface area contributed by atoms with Gasteiger partial charge in [0.2, 0.25) is 0 Å². The van der Waals surface area contributed by atoms with Crippen LogP contribution in [-0.4, -0.2) is 54.9 Å². The molecule has 0 radical (unpaired) electrons. The highest BCUT2D eigenvalue weighted by Crippen LogP contribution is 2.47. The number of fused-ring (bicyclic) bond motifs is 1. The second-order valence-corrected chi connectivity index (χ2v) is 8.55. The number of pyridine rings is 2. The Hall–Kier alpha value is -3.50. The molecule has 2 fully saturated rings. The van der Waals surface area contributed by atoms with Crippen LogP contribution in [0.25, 0.3) is 5.69 Å². The molecule has 1 amide bonds. The number of likely N-dealkylation sites (tertiary alicyclic amines) is 1. The maximum atomic E-state index is 13.6. The fraction of sp³-hybridized carbons (Fsp3) is 0.409. The predicted octanol–water partition coefficient (Wildman–Crippen LogP) is 3.35. The number of anilines is 1. The summed E-state index contributed by atoms with van der Waals surface area (Å²) in [7, 11) is 0. The fourth-order valence-electron chi connectivity index (χ4n) is 4.38. The van der Waals surface area contributed by atoms with Crippen LogP contribution >= 0.6 is 0 Å². The van der Waals surface area contributed by atoms with Gasteiger partial charge in [-0.25, -0.2) is 9.97 Å². The van der Waals surface area contributed by atoms with Crippen molar-refractivity contribution in [3.63, 3.8) is 0 Å². The monoisotopic (exact) mass is 457 g/mol. The Labute approximate surface area is 187 Å². The molecule has 0 spiro atoms. The van der Waals surface area contributed by atoms with E-state index >= 15 is 0 Å². The average molecular weight is 457 g/mol. The largest absolute Gasteiger partial charge is 0.417 e. The molecule has 4 heterocycles. The van der Waals surface area contributed by atoms with Crippen molar-refractivity contribution < 1.29 is 18.0 Å². The van der Waals surface area contributed by atoms with Crippen molar-refractivity contribution >= 4 is 11.7 Å². The van der Waals surface area contributed by atoms with E-state index in [1.54, 1.807) is 12.1 Å². The SMILES string of the molecule is Cc1ccc(-n2nccn2)c(C(=O)N2C[C@@H]3C[C@@H]3C[C@H]2CNc2ccc(C(F)(F)F)cn2)n1. The average Bonchev–Trinajstić information content (AvgIpc) is 3.34. The minimum Gasteiger partial charge on any atom is -0.368 e. The Morgan fingerprint density at radius 3 is 2.61 bits per heavy atom. The predicted molar refractivity (Wildman–Crippen MR) is 113 cm³/mol. The van der Waals surface area contributed by atoms with Crippen LogP contribution in [0.1, 0.15) is 34.6 Å². The van der Waals surface area contributed by atoms with E-state index in [1.165, 1.54) is 23.3 Å². The number of piperidine rings is 1. The van der Waals surface area contributed by atoms with Gasteiger partial charge in [0.05, 0.1) is 18.0 Å². The van der Waals surface area contributed by atoms with E-state index in [0.29, 0.717) is 42.1 Å². The Bertz CT molecular complexity index is 1150. The summed E-state index contributed by atoms with van der Waals surface area (Å²) >= 11 is 0. The van der Waals surface area contributed by atoms with Crippen molar-refractivity contribution in [2.24, 2.45) is 11.8 Å². The summed E-state index contributed by atoms with van der Waals surface area (Å²) in [6.45, 7) is 2.83. The maximum absolute atomic E-state index is 13.6. The molecule has 0 unspecified atom stereocenters. The Kier molecular flexibility index (Phi) is 5.26. The third kappa shape index (κ3) is 4.39. The van der Waals surface area contributed by atoms with Crippen LogP contribution in [0.4, 0.5) is 19.0 Å². The van der Waals surface area contributed by atoms with Crippen molar-refractivity contribution in [3.8, 4) is 5.69 Å². The minimum absolute atomic E-state index is 0.133. The first-order chi connectivity index (χ1) is 15.8. The van der Waals surface area contributed by atoms with Crippen molar-refractivity contribution in [2.75, 3.05) is 18.4 Å². The molecule has 8 nitrogen and oxygen atoms in total. The number of halogens is 3. The second kappa shape index (κ2) is 8.13. The van der Waals surface area contributed by atoms with E-state index in [-0.39, 0.29) is 17.6 Å². The zero-order chi connectivity index (χ0) is 23.2. The molecular weight excluding hydrogens is 435 g/mol. The van der Waals surface area contributed by atoms with Gasteiger partial charge >= 0.3 is 6.18 Å². The van der Waals surface area contributed by atoms with Gasteiger partial charge in [-0.05, 0) is 55.9 Å².